The minimum atomic E-state index is -1.04. The molecule has 0 aromatic heterocycles. The molecule has 5 nitrogen and oxygen atoms in total. The minimum absolute atomic E-state index is 0.0180. The van der Waals surface area contributed by atoms with E-state index in [0.29, 0.717) is 0 Å². The van der Waals surface area contributed by atoms with E-state index in [1.807, 2.05) is 6.92 Å². The van der Waals surface area contributed by atoms with Crippen molar-refractivity contribution in [1.82, 2.24) is 5.32 Å². The summed E-state index contributed by atoms with van der Waals surface area (Å²) in [6, 6.07) is 6.04. The van der Waals surface area contributed by atoms with E-state index in [9.17, 15) is 14.0 Å². The molecule has 0 radical (unpaired) electrons. The van der Waals surface area contributed by atoms with Crippen molar-refractivity contribution in [2.45, 2.75) is 19.3 Å². The first-order chi connectivity index (χ1) is 9.49. The molecule has 20 heavy (non-hydrogen) atoms. The predicted octanol–water partition coefficient (Wildman–Crippen LogP) is 1.54. The van der Waals surface area contributed by atoms with Gasteiger partial charge in [0.15, 0.2) is 0 Å². The summed E-state index contributed by atoms with van der Waals surface area (Å²) in [5.74, 6) is -1.52. The number of ether oxygens (including phenoxy) is 1. The van der Waals surface area contributed by atoms with Gasteiger partial charge in [-0.1, -0.05) is 19.1 Å². The Balaban J connectivity index is 2.24. The lowest BCUT2D eigenvalue weighted by Crippen LogP contribution is -2.28. The summed E-state index contributed by atoms with van der Waals surface area (Å²) < 4.78 is 17.6. The summed E-state index contributed by atoms with van der Waals surface area (Å²) in [6.07, 6.45) is 0.282. The van der Waals surface area contributed by atoms with Gasteiger partial charge in [0.05, 0.1) is 6.61 Å². The van der Waals surface area contributed by atoms with Gasteiger partial charge in [-0.25, -0.2) is 9.18 Å². The zero-order valence-electron chi connectivity index (χ0n) is 11.3. The molecule has 1 rings (SSSR count). The molecule has 0 bridgehead atoms. The molecule has 0 saturated carbocycles. The summed E-state index contributed by atoms with van der Waals surface area (Å²) in [5, 5.41) is 11.0. The monoisotopic (exact) mass is 283 g/mol. The van der Waals surface area contributed by atoms with Gasteiger partial charge in [-0.3, -0.25) is 4.79 Å². The fourth-order valence-electron chi connectivity index (χ4n) is 1.68. The standard InChI is InChI=1S/C14H18FNO4/c1-10(11-2-4-12(15)5-3-11)8-13(17)16-6-7-20-9-14(18)19/h2-5,10H,6-9H2,1H3,(H,16,17)(H,18,19). The highest BCUT2D eigenvalue weighted by molar-refractivity contribution is 5.76. The Kier molecular flexibility index (Phi) is 6.66. The van der Waals surface area contributed by atoms with Crippen LogP contribution in [0.5, 0.6) is 0 Å². The smallest absolute Gasteiger partial charge is 0.329 e. The van der Waals surface area contributed by atoms with Crippen molar-refractivity contribution in [1.29, 1.82) is 0 Å². The zero-order chi connectivity index (χ0) is 15.0. The second-order valence-electron chi connectivity index (χ2n) is 4.45. The number of aliphatic carboxylic acids is 1. The topological polar surface area (TPSA) is 75.6 Å². The van der Waals surface area contributed by atoms with Crippen molar-refractivity contribution in [2.24, 2.45) is 0 Å². The van der Waals surface area contributed by atoms with Crippen molar-refractivity contribution in [2.75, 3.05) is 19.8 Å². The molecule has 0 saturated heterocycles. The van der Waals surface area contributed by atoms with Gasteiger partial charge in [0.1, 0.15) is 12.4 Å². The first-order valence-corrected chi connectivity index (χ1v) is 6.30. The van der Waals surface area contributed by atoms with E-state index < -0.39 is 5.97 Å². The van der Waals surface area contributed by atoms with Crippen LogP contribution in [-0.2, 0) is 14.3 Å². The SMILES string of the molecule is CC(CC(=O)NCCOCC(=O)O)c1ccc(F)cc1. The molecule has 0 aliphatic rings. The average Bonchev–Trinajstić information content (AvgIpc) is 2.38. The van der Waals surface area contributed by atoms with E-state index in [0.717, 1.165) is 5.56 Å². The number of carbonyl (C=O) groups is 2. The van der Waals surface area contributed by atoms with Crippen molar-refractivity contribution >= 4 is 11.9 Å². The second kappa shape index (κ2) is 8.27. The molecular weight excluding hydrogens is 265 g/mol. The van der Waals surface area contributed by atoms with Crippen molar-refractivity contribution < 1.29 is 23.8 Å². The Labute approximate surface area is 116 Å². The molecule has 1 unspecified atom stereocenters. The van der Waals surface area contributed by atoms with Crippen LogP contribution in [0.25, 0.3) is 0 Å². The van der Waals surface area contributed by atoms with E-state index in [4.69, 9.17) is 9.84 Å². The van der Waals surface area contributed by atoms with E-state index in [1.54, 1.807) is 12.1 Å². The van der Waals surface area contributed by atoms with Gasteiger partial charge in [-0.05, 0) is 23.6 Å². The molecule has 1 aromatic rings. The Bertz CT molecular complexity index is 447. The van der Waals surface area contributed by atoms with Crippen LogP contribution in [-0.4, -0.2) is 36.7 Å². The van der Waals surface area contributed by atoms with Gasteiger partial charge >= 0.3 is 5.97 Å². The third-order valence-corrected chi connectivity index (χ3v) is 2.72. The zero-order valence-corrected chi connectivity index (χ0v) is 11.3. The third kappa shape index (κ3) is 6.29. The maximum atomic E-state index is 12.8. The number of hydrogen-bond donors (Lipinski definition) is 2. The van der Waals surface area contributed by atoms with Crippen molar-refractivity contribution in [3.05, 3.63) is 35.6 Å². The molecule has 6 heteroatoms. The van der Waals surface area contributed by atoms with Crippen LogP contribution in [0.2, 0.25) is 0 Å². The Morgan fingerprint density at radius 2 is 2.00 bits per heavy atom. The van der Waals surface area contributed by atoms with Crippen LogP contribution in [0.3, 0.4) is 0 Å². The molecule has 1 amide bonds. The van der Waals surface area contributed by atoms with Gasteiger partial charge in [0.2, 0.25) is 5.91 Å². The number of nitrogens with one attached hydrogen (secondary N) is 1. The second-order valence-corrected chi connectivity index (χ2v) is 4.45. The summed E-state index contributed by atoms with van der Waals surface area (Å²) in [5.41, 5.74) is 0.892. The van der Waals surface area contributed by atoms with Gasteiger partial charge in [-0.15, -0.1) is 0 Å². The number of amides is 1. The highest BCUT2D eigenvalue weighted by Crippen LogP contribution is 2.18. The molecule has 1 atom stereocenters. The summed E-state index contributed by atoms with van der Waals surface area (Å²) >= 11 is 0. The van der Waals surface area contributed by atoms with Crippen LogP contribution < -0.4 is 5.32 Å². The largest absolute Gasteiger partial charge is 0.480 e. The Morgan fingerprint density at radius 1 is 1.35 bits per heavy atom. The van der Waals surface area contributed by atoms with Gasteiger partial charge in [0, 0.05) is 13.0 Å². The van der Waals surface area contributed by atoms with E-state index in [-0.39, 0.29) is 43.8 Å². The quantitative estimate of drug-likeness (QED) is 0.710. The molecule has 1 aromatic carbocycles. The summed E-state index contributed by atoms with van der Waals surface area (Å²) in [4.78, 5) is 21.8. The number of hydrogen-bond acceptors (Lipinski definition) is 3. The van der Waals surface area contributed by atoms with Crippen LogP contribution in [0, 0.1) is 5.82 Å². The summed E-state index contributed by atoms with van der Waals surface area (Å²) in [6.45, 7) is 1.93. The van der Waals surface area contributed by atoms with E-state index in [2.05, 4.69) is 5.32 Å². The molecule has 0 aliphatic carbocycles. The van der Waals surface area contributed by atoms with Crippen LogP contribution >= 0.6 is 0 Å². The van der Waals surface area contributed by atoms with Gasteiger partial charge < -0.3 is 15.2 Å². The van der Waals surface area contributed by atoms with E-state index >= 15 is 0 Å². The fraction of sp³-hybridized carbons (Fsp3) is 0.429. The fourth-order valence-corrected chi connectivity index (χ4v) is 1.68. The summed E-state index contributed by atoms with van der Waals surface area (Å²) in [7, 11) is 0. The lowest BCUT2D eigenvalue weighted by molar-refractivity contribution is -0.142. The molecule has 0 aliphatic heterocycles. The van der Waals surface area contributed by atoms with E-state index in [1.165, 1.54) is 12.1 Å². The Morgan fingerprint density at radius 3 is 2.60 bits per heavy atom. The lowest BCUT2D eigenvalue weighted by Gasteiger charge is -2.12. The van der Waals surface area contributed by atoms with Gasteiger partial charge in [-0.2, -0.15) is 0 Å². The molecule has 110 valence electrons. The van der Waals surface area contributed by atoms with Crippen LogP contribution in [0.1, 0.15) is 24.8 Å². The molecule has 0 heterocycles. The predicted molar refractivity (Wildman–Crippen MR) is 70.9 cm³/mol. The molecule has 2 N–H and O–H groups in total. The van der Waals surface area contributed by atoms with Crippen molar-refractivity contribution in [3.8, 4) is 0 Å². The minimum Gasteiger partial charge on any atom is -0.480 e. The number of benzene rings is 1. The number of halogens is 1. The first kappa shape index (κ1) is 16.1. The first-order valence-electron chi connectivity index (χ1n) is 6.30. The lowest BCUT2D eigenvalue weighted by atomic mass is 9.97. The number of carboxylic acid groups (broad SMARTS) is 1. The molecule has 0 spiro atoms. The maximum Gasteiger partial charge on any atom is 0.329 e. The highest BCUT2D eigenvalue weighted by Gasteiger charge is 2.11. The molecule has 0 fully saturated rings. The number of carbonyl (C=O) groups excluding carboxylic acids is 1. The third-order valence-electron chi connectivity index (χ3n) is 2.72. The number of rotatable bonds is 8. The van der Waals surface area contributed by atoms with Crippen LogP contribution in [0.4, 0.5) is 4.39 Å². The van der Waals surface area contributed by atoms with Crippen molar-refractivity contribution in [3.63, 3.8) is 0 Å². The number of carboxylic acids is 1. The maximum absolute atomic E-state index is 12.8. The van der Waals surface area contributed by atoms with Gasteiger partial charge in [0.25, 0.3) is 0 Å². The molecular formula is C14H18FNO4. The average molecular weight is 283 g/mol. The normalized spacial score (nSPS) is 11.9. The highest BCUT2D eigenvalue weighted by atomic mass is 19.1. The Hall–Kier alpha value is -1.95. The van der Waals surface area contributed by atoms with Crippen LogP contribution in [0.15, 0.2) is 24.3 Å².